The molecule has 0 atom stereocenters. The molecule has 2 heterocycles. The number of ether oxygens (including phenoxy) is 3. The summed E-state index contributed by atoms with van der Waals surface area (Å²) in [4.78, 5) is 2.76. The molecule has 2 aromatic rings. The van der Waals surface area contributed by atoms with E-state index >= 15 is 0 Å². The van der Waals surface area contributed by atoms with Crippen LogP contribution in [-0.2, 0) is 33.1 Å². The lowest BCUT2D eigenvalue weighted by Gasteiger charge is -2.45. The first-order valence-corrected chi connectivity index (χ1v) is 12.1. The predicted octanol–water partition coefficient (Wildman–Crippen LogP) is 3.17. The van der Waals surface area contributed by atoms with Crippen molar-refractivity contribution >= 4 is 9.84 Å². The highest BCUT2D eigenvalue weighted by Gasteiger charge is 2.41. The van der Waals surface area contributed by atoms with E-state index in [-0.39, 0.29) is 5.60 Å². The first kappa shape index (κ1) is 21.2. The molecule has 2 aliphatic rings. The maximum Gasteiger partial charge on any atom is 0.175 e. The minimum absolute atomic E-state index is 0.274. The monoisotopic (exact) mass is 431 g/mol. The van der Waals surface area contributed by atoms with E-state index in [1.54, 1.807) is 26.4 Å². The van der Waals surface area contributed by atoms with Crippen LogP contribution in [0.5, 0.6) is 11.5 Å². The quantitative estimate of drug-likeness (QED) is 0.725. The number of rotatable bonds is 5. The molecule has 0 unspecified atom stereocenters. The lowest BCUT2D eigenvalue weighted by atomic mass is 9.79. The molecule has 0 amide bonds. The van der Waals surface area contributed by atoms with Crippen LogP contribution in [0.25, 0.3) is 0 Å². The van der Waals surface area contributed by atoms with Crippen LogP contribution in [-0.4, -0.2) is 53.5 Å². The van der Waals surface area contributed by atoms with Crippen LogP contribution in [0.1, 0.15) is 29.5 Å². The Bertz CT molecular complexity index is 1010. The molecule has 0 N–H and O–H groups in total. The van der Waals surface area contributed by atoms with Crippen molar-refractivity contribution in [3.63, 3.8) is 0 Å². The Balaban J connectivity index is 1.48. The molecular weight excluding hydrogens is 402 g/mol. The molecule has 162 valence electrons. The van der Waals surface area contributed by atoms with Crippen molar-refractivity contribution in [2.45, 2.75) is 36.3 Å². The second-order valence-electron chi connectivity index (χ2n) is 8.15. The minimum atomic E-state index is -3.16. The van der Waals surface area contributed by atoms with Crippen LogP contribution in [0.2, 0.25) is 0 Å². The maximum absolute atomic E-state index is 11.7. The van der Waals surface area contributed by atoms with Gasteiger partial charge in [0, 0.05) is 25.9 Å². The van der Waals surface area contributed by atoms with Crippen molar-refractivity contribution in [1.29, 1.82) is 0 Å². The first-order chi connectivity index (χ1) is 14.3. The van der Waals surface area contributed by atoms with E-state index in [0.717, 1.165) is 62.6 Å². The van der Waals surface area contributed by atoms with E-state index in [9.17, 15) is 8.42 Å². The van der Waals surface area contributed by atoms with Gasteiger partial charge in [-0.15, -0.1) is 0 Å². The molecule has 1 fully saturated rings. The van der Waals surface area contributed by atoms with Crippen LogP contribution in [0.15, 0.2) is 41.3 Å². The Hall–Kier alpha value is -2.09. The van der Waals surface area contributed by atoms with Gasteiger partial charge in [-0.2, -0.15) is 0 Å². The van der Waals surface area contributed by atoms with Crippen molar-refractivity contribution in [1.82, 2.24) is 4.90 Å². The molecule has 0 saturated carbocycles. The summed E-state index contributed by atoms with van der Waals surface area (Å²) in [6.07, 6.45) is 3.94. The van der Waals surface area contributed by atoms with E-state index in [2.05, 4.69) is 17.0 Å². The number of sulfone groups is 1. The summed E-state index contributed by atoms with van der Waals surface area (Å²) in [5, 5.41) is 0. The molecule has 1 spiro atoms. The van der Waals surface area contributed by atoms with E-state index in [4.69, 9.17) is 14.2 Å². The molecule has 30 heavy (non-hydrogen) atoms. The summed E-state index contributed by atoms with van der Waals surface area (Å²) < 4.78 is 40.7. The first-order valence-electron chi connectivity index (χ1n) is 10.3. The average Bonchev–Trinajstić information content (AvgIpc) is 2.74. The molecule has 2 aromatic carbocycles. The molecular formula is C23H29NO5S. The number of likely N-dealkylation sites (tertiary alicyclic amines) is 1. The highest BCUT2D eigenvalue weighted by molar-refractivity contribution is 7.90. The van der Waals surface area contributed by atoms with Gasteiger partial charge in [0.1, 0.15) is 0 Å². The molecule has 0 radical (unpaired) electrons. The summed E-state index contributed by atoms with van der Waals surface area (Å²) in [5.74, 6) is 1.51. The summed E-state index contributed by atoms with van der Waals surface area (Å²) in [7, 11) is 0.172. The average molecular weight is 432 g/mol. The number of piperidine rings is 1. The van der Waals surface area contributed by atoms with Gasteiger partial charge >= 0.3 is 0 Å². The summed E-state index contributed by atoms with van der Waals surface area (Å²) in [6.45, 7) is 3.36. The Labute approximate surface area is 178 Å². The topological polar surface area (TPSA) is 65.1 Å². The van der Waals surface area contributed by atoms with E-state index in [1.165, 1.54) is 17.4 Å². The van der Waals surface area contributed by atoms with Gasteiger partial charge in [0.2, 0.25) is 0 Å². The Kier molecular flexibility index (Phi) is 5.79. The number of hydrogen-bond donors (Lipinski definition) is 0. The van der Waals surface area contributed by atoms with Crippen molar-refractivity contribution in [3.05, 3.63) is 53.1 Å². The zero-order chi connectivity index (χ0) is 21.4. The van der Waals surface area contributed by atoms with Gasteiger partial charge in [0.25, 0.3) is 0 Å². The summed E-state index contributed by atoms with van der Waals surface area (Å²) in [6, 6.07) is 11.4. The molecule has 7 heteroatoms. The second-order valence-corrected chi connectivity index (χ2v) is 10.2. The fourth-order valence-electron chi connectivity index (χ4n) is 4.57. The van der Waals surface area contributed by atoms with Crippen molar-refractivity contribution < 1.29 is 22.6 Å². The fraction of sp³-hybridized carbons (Fsp3) is 0.478. The van der Waals surface area contributed by atoms with Crippen LogP contribution in [0.4, 0.5) is 0 Å². The number of hydrogen-bond acceptors (Lipinski definition) is 6. The smallest absolute Gasteiger partial charge is 0.175 e. The third-order valence-corrected chi connectivity index (χ3v) is 7.40. The molecule has 0 aromatic heterocycles. The maximum atomic E-state index is 11.7. The minimum Gasteiger partial charge on any atom is -0.493 e. The SMILES string of the molecule is COc1cc2c(cc1OC)C1(CCN(Cc3ccc(S(C)(=O)=O)cc3)CC1)OCC2. The molecule has 0 aliphatic carbocycles. The van der Waals surface area contributed by atoms with Gasteiger partial charge in [0.05, 0.1) is 31.3 Å². The number of fused-ring (bicyclic) bond motifs is 2. The third-order valence-electron chi connectivity index (χ3n) is 6.27. The lowest BCUT2D eigenvalue weighted by molar-refractivity contribution is -0.0990. The normalized spacial score (nSPS) is 18.8. The zero-order valence-electron chi connectivity index (χ0n) is 17.8. The summed E-state index contributed by atoms with van der Waals surface area (Å²) >= 11 is 0. The highest BCUT2D eigenvalue weighted by atomic mass is 32.2. The van der Waals surface area contributed by atoms with Crippen molar-refractivity contribution in [3.8, 4) is 11.5 Å². The van der Waals surface area contributed by atoms with Gasteiger partial charge in [-0.3, -0.25) is 4.90 Å². The molecule has 4 rings (SSSR count). The predicted molar refractivity (Wildman–Crippen MR) is 115 cm³/mol. The van der Waals surface area contributed by atoms with Crippen LogP contribution in [0, 0.1) is 0 Å². The molecule has 2 aliphatic heterocycles. The van der Waals surface area contributed by atoms with Gasteiger partial charge < -0.3 is 14.2 Å². The van der Waals surface area contributed by atoms with E-state index in [1.807, 2.05) is 12.1 Å². The zero-order valence-corrected chi connectivity index (χ0v) is 18.6. The van der Waals surface area contributed by atoms with Gasteiger partial charge in [0.15, 0.2) is 21.3 Å². The molecule has 0 bridgehead atoms. The van der Waals surface area contributed by atoms with Crippen molar-refractivity contribution in [2.75, 3.05) is 40.2 Å². The third kappa shape index (κ3) is 4.06. The van der Waals surface area contributed by atoms with Crippen LogP contribution >= 0.6 is 0 Å². The summed E-state index contributed by atoms with van der Waals surface area (Å²) in [5.41, 5.74) is 3.35. The standard InChI is InChI=1S/C23H29NO5S/c1-27-21-14-18-8-13-29-23(20(18)15-22(21)28-2)9-11-24(12-10-23)16-17-4-6-19(7-5-17)30(3,25)26/h4-7,14-15H,8-13,16H2,1-3H3. The van der Waals surface area contributed by atoms with E-state index < -0.39 is 9.84 Å². The van der Waals surface area contributed by atoms with E-state index in [0.29, 0.717) is 4.90 Å². The van der Waals surface area contributed by atoms with Crippen LogP contribution in [0.3, 0.4) is 0 Å². The van der Waals surface area contributed by atoms with Gasteiger partial charge in [-0.1, -0.05) is 12.1 Å². The van der Waals surface area contributed by atoms with Gasteiger partial charge in [-0.05, 0) is 60.2 Å². The number of methoxy groups -OCH3 is 2. The number of benzene rings is 2. The largest absolute Gasteiger partial charge is 0.493 e. The molecule has 6 nitrogen and oxygen atoms in total. The Morgan fingerprint density at radius 1 is 1.03 bits per heavy atom. The second kappa shape index (κ2) is 8.21. The highest BCUT2D eigenvalue weighted by Crippen LogP contribution is 2.45. The van der Waals surface area contributed by atoms with Crippen LogP contribution < -0.4 is 9.47 Å². The fourth-order valence-corrected chi connectivity index (χ4v) is 5.20. The van der Waals surface area contributed by atoms with Crippen molar-refractivity contribution in [2.24, 2.45) is 0 Å². The lowest BCUT2D eigenvalue weighted by Crippen LogP contribution is -2.46. The number of nitrogens with zero attached hydrogens (tertiary/aromatic N) is 1. The Morgan fingerprint density at radius 3 is 2.27 bits per heavy atom. The van der Waals surface area contributed by atoms with Gasteiger partial charge in [-0.25, -0.2) is 8.42 Å². The Morgan fingerprint density at radius 2 is 1.67 bits per heavy atom. The molecule has 1 saturated heterocycles.